The van der Waals surface area contributed by atoms with Crippen LogP contribution in [0.2, 0.25) is 0 Å². The highest BCUT2D eigenvalue weighted by atomic mass is 16.5. The zero-order valence-electron chi connectivity index (χ0n) is 17.0. The number of nitrogens with zero attached hydrogens (tertiary/aromatic N) is 3. The van der Waals surface area contributed by atoms with Gasteiger partial charge in [-0.25, -0.2) is 0 Å². The van der Waals surface area contributed by atoms with E-state index in [0.717, 1.165) is 61.4 Å². The predicted molar refractivity (Wildman–Crippen MR) is 112 cm³/mol. The standard InChI is InChI=1S/C22H27N5O3/c23-11-17-5-4-16(10-19(17)24-18-12-29-13-18)21-25-20(26-30-21)14-6-8-27(9-7-14)22(28)15-2-1-3-15/h4-5,10-11,14-15,18,23-24H,1-3,6-9,12-13H2. The molecule has 1 amide bonds. The highest BCUT2D eigenvalue weighted by Crippen LogP contribution is 2.33. The molecule has 0 spiro atoms. The molecule has 1 aromatic carbocycles. The van der Waals surface area contributed by atoms with Gasteiger partial charge in [0.25, 0.3) is 5.89 Å². The SMILES string of the molecule is N=Cc1ccc(-c2nc(C3CCN(C(=O)C4CCC4)CC3)no2)cc1NC1COC1. The van der Waals surface area contributed by atoms with Crippen LogP contribution >= 0.6 is 0 Å². The maximum Gasteiger partial charge on any atom is 0.258 e. The maximum atomic E-state index is 12.4. The summed E-state index contributed by atoms with van der Waals surface area (Å²) in [5, 5.41) is 15.3. The summed E-state index contributed by atoms with van der Waals surface area (Å²) in [6.07, 6.45) is 6.37. The van der Waals surface area contributed by atoms with E-state index in [-0.39, 0.29) is 17.9 Å². The van der Waals surface area contributed by atoms with E-state index in [9.17, 15) is 4.79 Å². The second-order valence-electron chi connectivity index (χ2n) is 8.51. The summed E-state index contributed by atoms with van der Waals surface area (Å²) >= 11 is 0. The first-order chi connectivity index (χ1) is 14.7. The Kier molecular flexibility index (Phi) is 5.25. The lowest BCUT2D eigenvalue weighted by atomic mass is 9.83. The van der Waals surface area contributed by atoms with Crippen LogP contribution in [0.15, 0.2) is 22.7 Å². The molecule has 0 unspecified atom stereocenters. The van der Waals surface area contributed by atoms with Crippen LogP contribution in [0.4, 0.5) is 5.69 Å². The summed E-state index contributed by atoms with van der Waals surface area (Å²) in [5.41, 5.74) is 2.52. The quantitative estimate of drug-likeness (QED) is 0.711. The van der Waals surface area contributed by atoms with Crippen LogP contribution in [0, 0.1) is 11.3 Å². The van der Waals surface area contributed by atoms with Gasteiger partial charge in [-0.15, -0.1) is 0 Å². The van der Waals surface area contributed by atoms with E-state index >= 15 is 0 Å². The molecule has 3 fully saturated rings. The van der Waals surface area contributed by atoms with Crippen LogP contribution in [-0.4, -0.2) is 59.5 Å². The third-order valence-corrected chi connectivity index (χ3v) is 6.52. The number of carbonyl (C=O) groups excluding carboxylic acids is 1. The fourth-order valence-electron chi connectivity index (χ4n) is 4.27. The molecule has 8 heteroatoms. The molecule has 0 bridgehead atoms. The third kappa shape index (κ3) is 3.71. The van der Waals surface area contributed by atoms with Gasteiger partial charge in [0.2, 0.25) is 5.91 Å². The lowest BCUT2D eigenvalue weighted by molar-refractivity contribution is -0.139. The predicted octanol–water partition coefficient (Wildman–Crippen LogP) is 3.05. The van der Waals surface area contributed by atoms with Gasteiger partial charge in [0, 0.05) is 48.0 Å². The topological polar surface area (TPSA) is 104 Å². The van der Waals surface area contributed by atoms with Crippen molar-refractivity contribution in [1.82, 2.24) is 15.0 Å². The Balaban J connectivity index is 1.26. The van der Waals surface area contributed by atoms with Crippen molar-refractivity contribution in [2.24, 2.45) is 5.92 Å². The van der Waals surface area contributed by atoms with Gasteiger partial charge < -0.3 is 24.9 Å². The highest BCUT2D eigenvalue weighted by molar-refractivity contribution is 5.87. The Morgan fingerprint density at radius 1 is 1.20 bits per heavy atom. The first kappa shape index (κ1) is 19.2. The van der Waals surface area contributed by atoms with E-state index in [1.54, 1.807) is 0 Å². The molecule has 3 aliphatic rings. The number of amides is 1. The summed E-state index contributed by atoms with van der Waals surface area (Å²) in [6.45, 7) is 2.90. The maximum absolute atomic E-state index is 12.4. The molecule has 1 saturated carbocycles. The molecular formula is C22H27N5O3. The molecule has 30 heavy (non-hydrogen) atoms. The lowest BCUT2D eigenvalue weighted by Crippen LogP contribution is -2.43. The van der Waals surface area contributed by atoms with Gasteiger partial charge in [0.15, 0.2) is 5.82 Å². The van der Waals surface area contributed by atoms with Crippen molar-refractivity contribution >= 4 is 17.8 Å². The molecule has 2 saturated heterocycles. The van der Waals surface area contributed by atoms with E-state index < -0.39 is 0 Å². The molecule has 2 aliphatic heterocycles. The molecule has 2 N–H and O–H groups in total. The molecule has 2 aromatic rings. The van der Waals surface area contributed by atoms with Crippen molar-refractivity contribution < 1.29 is 14.1 Å². The molecule has 0 atom stereocenters. The Bertz CT molecular complexity index is 927. The van der Waals surface area contributed by atoms with Gasteiger partial charge in [-0.2, -0.15) is 4.98 Å². The van der Waals surface area contributed by atoms with E-state index in [1.165, 1.54) is 12.6 Å². The Morgan fingerprint density at radius 3 is 2.63 bits per heavy atom. The molecule has 1 aromatic heterocycles. The summed E-state index contributed by atoms with van der Waals surface area (Å²) in [7, 11) is 0. The Morgan fingerprint density at radius 2 is 2.00 bits per heavy atom. The van der Waals surface area contributed by atoms with Crippen LogP contribution in [-0.2, 0) is 9.53 Å². The fraction of sp³-hybridized carbons (Fsp3) is 0.545. The monoisotopic (exact) mass is 409 g/mol. The average Bonchev–Trinajstić information content (AvgIpc) is 3.19. The minimum absolute atomic E-state index is 0.221. The van der Waals surface area contributed by atoms with Crippen molar-refractivity contribution in [3.63, 3.8) is 0 Å². The number of hydrogen-bond donors (Lipinski definition) is 2. The van der Waals surface area contributed by atoms with Crippen molar-refractivity contribution in [1.29, 1.82) is 5.41 Å². The van der Waals surface area contributed by atoms with Crippen LogP contribution in [0.3, 0.4) is 0 Å². The molecule has 5 rings (SSSR count). The number of carbonyl (C=O) groups is 1. The lowest BCUT2D eigenvalue weighted by Gasteiger charge is -2.35. The average molecular weight is 409 g/mol. The van der Waals surface area contributed by atoms with E-state index in [2.05, 4.69) is 15.5 Å². The third-order valence-electron chi connectivity index (χ3n) is 6.52. The number of benzene rings is 1. The normalized spacial score (nSPS) is 20.5. The Labute approximate surface area is 175 Å². The molecule has 0 radical (unpaired) electrons. The first-order valence-electron chi connectivity index (χ1n) is 10.8. The smallest absolute Gasteiger partial charge is 0.258 e. The number of ether oxygens (including phenoxy) is 1. The summed E-state index contributed by atoms with van der Waals surface area (Å²) in [6, 6.07) is 6.01. The minimum atomic E-state index is 0.221. The zero-order valence-corrected chi connectivity index (χ0v) is 17.0. The summed E-state index contributed by atoms with van der Waals surface area (Å²) in [4.78, 5) is 19.1. The zero-order chi connectivity index (χ0) is 20.5. The minimum Gasteiger partial charge on any atom is -0.377 e. The van der Waals surface area contributed by atoms with Crippen molar-refractivity contribution in [2.75, 3.05) is 31.6 Å². The van der Waals surface area contributed by atoms with Gasteiger partial charge in [0.1, 0.15) is 0 Å². The number of likely N-dealkylation sites (tertiary alicyclic amines) is 1. The van der Waals surface area contributed by atoms with Crippen molar-refractivity contribution in [3.05, 3.63) is 29.6 Å². The Hall–Kier alpha value is -2.74. The second kappa shape index (κ2) is 8.18. The van der Waals surface area contributed by atoms with Gasteiger partial charge in [-0.05, 0) is 37.8 Å². The second-order valence-corrected chi connectivity index (χ2v) is 8.51. The first-order valence-corrected chi connectivity index (χ1v) is 10.8. The van der Waals surface area contributed by atoms with Crippen molar-refractivity contribution in [2.45, 2.75) is 44.1 Å². The van der Waals surface area contributed by atoms with Gasteiger partial charge >= 0.3 is 0 Å². The molecule has 1 aliphatic carbocycles. The molecule has 8 nitrogen and oxygen atoms in total. The van der Waals surface area contributed by atoms with E-state index in [0.29, 0.717) is 25.0 Å². The number of rotatable bonds is 6. The van der Waals surface area contributed by atoms with Crippen LogP contribution in [0.5, 0.6) is 0 Å². The van der Waals surface area contributed by atoms with Gasteiger partial charge in [-0.1, -0.05) is 17.6 Å². The summed E-state index contributed by atoms with van der Waals surface area (Å²) in [5.74, 6) is 2.02. The van der Waals surface area contributed by atoms with E-state index in [4.69, 9.17) is 14.7 Å². The molecule has 158 valence electrons. The molecular weight excluding hydrogens is 382 g/mol. The number of nitrogens with one attached hydrogen (secondary N) is 2. The number of piperidine rings is 1. The highest BCUT2D eigenvalue weighted by Gasteiger charge is 2.33. The van der Waals surface area contributed by atoms with E-state index in [1.807, 2.05) is 23.1 Å². The van der Waals surface area contributed by atoms with Crippen LogP contribution in [0.25, 0.3) is 11.5 Å². The number of aromatic nitrogens is 2. The largest absolute Gasteiger partial charge is 0.377 e. The number of anilines is 1. The van der Waals surface area contributed by atoms with Crippen LogP contribution < -0.4 is 5.32 Å². The number of hydrogen-bond acceptors (Lipinski definition) is 7. The van der Waals surface area contributed by atoms with Gasteiger partial charge in [-0.3, -0.25) is 4.79 Å². The summed E-state index contributed by atoms with van der Waals surface area (Å²) < 4.78 is 10.8. The van der Waals surface area contributed by atoms with Crippen molar-refractivity contribution in [3.8, 4) is 11.5 Å². The fourth-order valence-corrected chi connectivity index (χ4v) is 4.27. The van der Waals surface area contributed by atoms with Gasteiger partial charge in [0.05, 0.1) is 19.3 Å². The van der Waals surface area contributed by atoms with Crippen LogP contribution in [0.1, 0.15) is 49.4 Å². The molecule has 3 heterocycles.